The molecule has 0 spiro atoms. The van der Waals surface area contributed by atoms with Crippen LogP contribution in [-0.4, -0.2) is 9.97 Å². The largest absolute Gasteiger partial charge is 0.256 e. The van der Waals surface area contributed by atoms with Crippen molar-refractivity contribution in [2.45, 2.75) is 13.3 Å². The van der Waals surface area contributed by atoms with E-state index in [1.54, 1.807) is 12.3 Å². The maximum Gasteiger partial charge on any atom is 0.129 e. The van der Waals surface area contributed by atoms with Crippen molar-refractivity contribution in [3.05, 3.63) is 47.4 Å². The van der Waals surface area contributed by atoms with E-state index in [4.69, 9.17) is 11.6 Å². The van der Waals surface area contributed by atoms with Crippen molar-refractivity contribution < 1.29 is 0 Å². The quantitative estimate of drug-likeness (QED) is 0.723. The van der Waals surface area contributed by atoms with Gasteiger partial charge in [-0.2, -0.15) is 0 Å². The van der Waals surface area contributed by atoms with Gasteiger partial charge in [-0.1, -0.05) is 24.6 Å². The molecule has 0 aliphatic carbocycles. The van der Waals surface area contributed by atoms with Crippen molar-refractivity contribution in [3.63, 3.8) is 0 Å². The third kappa shape index (κ3) is 2.34. The summed E-state index contributed by atoms with van der Waals surface area (Å²) in [6.45, 7) is 2.11. The third-order valence-electron chi connectivity index (χ3n) is 2.26. The molecule has 2 nitrogen and oxygen atoms in total. The molecule has 0 aliphatic heterocycles. The fourth-order valence-corrected chi connectivity index (χ4v) is 1.44. The molecule has 0 bridgehead atoms. The summed E-state index contributed by atoms with van der Waals surface area (Å²) >= 11 is 5.72. The predicted octanol–water partition coefficient (Wildman–Crippen LogP) is 3.36. The van der Waals surface area contributed by atoms with E-state index in [1.807, 2.05) is 18.3 Å². The Kier molecular flexibility index (Phi) is 2.97. The van der Waals surface area contributed by atoms with Gasteiger partial charge in [0, 0.05) is 18.0 Å². The molecule has 15 heavy (non-hydrogen) atoms. The lowest BCUT2D eigenvalue weighted by Gasteiger charge is -2.01. The van der Waals surface area contributed by atoms with E-state index in [-0.39, 0.29) is 0 Å². The zero-order valence-electron chi connectivity index (χ0n) is 8.44. The second-order valence-corrected chi connectivity index (χ2v) is 3.66. The molecule has 76 valence electrons. The summed E-state index contributed by atoms with van der Waals surface area (Å²) in [5.41, 5.74) is 3.15. The highest BCUT2D eigenvalue weighted by molar-refractivity contribution is 6.29. The van der Waals surface area contributed by atoms with Gasteiger partial charge in [-0.25, -0.2) is 4.98 Å². The standard InChI is InChI=1S/C12H11ClN2/c1-2-9-3-5-11(14-7-9)10-4-6-12(13)15-8-10/h3-8H,2H2,1H3. The maximum atomic E-state index is 5.72. The van der Waals surface area contributed by atoms with Gasteiger partial charge in [0.25, 0.3) is 0 Å². The van der Waals surface area contributed by atoms with E-state index in [0.29, 0.717) is 5.15 Å². The van der Waals surface area contributed by atoms with Crippen LogP contribution in [0.15, 0.2) is 36.7 Å². The monoisotopic (exact) mass is 218 g/mol. The zero-order valence-corrected chi connectivity index (χ0v) is 9.20. The van der Waals surface area contributed by atoms with Gasteiger partial charge in [0.15, 0.2) is 0 Å². The Morgan fingerprint density at radius 1 is 1.07 bits per heavy atom. The number of aromatic nitrogens is 2. The van der Waals surface area contributed by atoms with E-state index >= 15 is 0 Å². The first kappa shape index (κ1) is 10.1. The summed E-state index contributed by atoms with van der Waals surface area (Å²) in [7, 11) is 0. The second-order valence-electron chi connectivity index (χ2n) is 3.27. The van der Waals surface area contributed by atoms with Crippen LogP contribution in [-0.2, 0) is 6.42 Å². The van der Waals surface area contributed by atoms with Gasteiger partial charge in [-0.05, 0) is 30.2 Å². The molecule has 0 saturated carbocycles. The van der Waals surface area contributed by atoms with Crippen molar-refractivity contribution in [1.82, 2.24) is 9.97 Å². The first-order valence-electron chi connectivity index (χ1n) is 4.86. The number of halogens is 1. The molecule has 0 aromatic carbocycles. The first-order chi connectivity index (χ1) is 7.29. The Labute approximate surface area is 94.0 Å². The summed E-state index contributed by atoms with van der Waals surface area (Å²) in [4.78, 5) is 8.39. The van der Waals surface area contributed by atoms with E-state index in [9.17, 15) is 0 Å². The van der Waals surface area contributed by atoms with Crippen LogP contribution in [0.2, 0.25) is 5.15 Å². The average molecular weight is 219 g/mol. The molecule has 0 N–H and O–H groups in total. The molecular weight excluding hydrogens is 208 g/mol. The zero-order chi connectivity index (χ0) is 10.7. The molecule has 0 atom stereocenters. The molecule has 0 radical (unpaired) electrons. The molecule has 2 aromatic rings. The fraction of sp³-hybridized carbons (Fsp3) is 0.167. The van der Waals surface area contributed by atoms with E-state index in [2.05, 4.69) is 23.0 Å². The highest BCUT2D eigenvalue weighted by atomic mass is 35.5. The molecule has 2 heterocycles. The second kappa shape index (κ2) is 4.41. The van der Waals surface area contributed by atoms with Gasteiger partial charge in [0.05, 0.1) is 5.69 Å². The molecule has 0 fully saturated rings. The lowest BCUT2D eigenvalue weighted by atomic mass is 10.1. The molecular formula is C12H11ClN2. The summed E-state index contributed by atoms with van der Waals surface area (Å²) in [6.07, 6.45) is 4.63. The van der Waals surface area contributed by atoms with Crippen LogP contribution in [0.25, 0.3) is 11.3 Å². The molecule has 0 unspecified atom stereocenters. The van der Waals surface area contributed by atoms with Crippen molar-refractivity contribution in [1.29, 1.82) is 0 Å². The van der Waals surface area contributed by atoms with Gasteiger partial charge >= 0.3 is 0 Å². The number of hydrogen-bond donors (Lipinski definition) is 0. The van der Waals surface area contributed by atoms with Gasteiger partial charge < -0.3 is 0 Å². The lowest BCUT2D eigenvalue weighted by Crippen LogP contribution is -1.87. The number of hydrogen-bond acceptors (Lipinski definition) is 2. The van der Waals surface area contributed by atoms with Crippen molar-refractivity contribution >= 4 is 11.6 Å². The van der Waals surface area contributed by atoms with E-state index in [1.165, 1.54) is 5.56 Å². The number of nitrogens with zero attached hydrogens (tertiary/aromatic N) is 2. The van der Waals surface area contributed by atoms with Crippen LogP contribution in [0.4, 0.5) is 0 Å². The van der Waals surface area contributed by atoms with Gasteiger partial charge in [0.2, 0.25) is 0 Å². The first-order valence-corrected chi connectivity index (χ1v) is 5.24. The third-order valence-corrected chi connectivity index (χ3v) is 2.48. The Balaban J connectivity index is 2.33. The SMILES string of the molecule is CCc1ccc(-c2ccc(Cl)nc2)nc1. The Morgan fingerprint density at radius 2 is 1.93 bits per heavy atom. The molecule has 0 aliphatic rings. The van der Waals surface area contributed by atoms with Crippen molar-refractivity contribution in [2.75, 3.05) is 0 Å². The van der Waals surface area contributed by atoms with Crippen LogP contribution in [0, 0.1) is 0 Å². The maximum absolute atomic E-state index is 5.72. The smallest absolute Gasteiger partial charge is 0.129 e. The van der Waals surface area contributed by atoms with Gasteiger partial charge in [-0.15, -0.1) is 0 Å². The Bertz CT molecular complexity index is 434. The van der Waals surface area contributed by atoms with Crippen LogP contribution in [0.5, 0.6) is 0 Å². The minimum Gasteiger partial charge on any atom is -0.256 e. The van der Waals surface area contributed by atoms with Crippen LogP contribution in [0.1, 0.15) is 12.5 Å². The Morgan fingerprint density at radius 3 is 2.47 bits per heavy atom. The fourth-order valence-electron chi connectivity index (χ4n) is 1.33. The van der Waals surface area contributed by atoms with E-state index < -0.39 is 0 Å². The highest BCUT2D eigenvalue weighted by Gasteiger charge is 1.99. The molecule has 0 saturated heterocycles. The van der Waals surface area contributed by atoms with Crippen LogP contribution < -0.4 is 0 Å². The number of rotatable bonds is 2. The number of pyridine rings is 2. The van der Waals surface area contributed by atoms with Crippen LogP contribution >= 0.6 is 11.6 Å². The summed E-state index contributed by atoms with van der Waals surface area (Å²) in [6, 6.07) is 7.77. The average Bonchev–Trinajstić information content (AvgIpc) is 2.30. The summed E-state index contributed by atoms with van der Waals surface area (Å²) in [5.74, 6) is 0. The predicted molar refractivity (Wildman–Crippen MR) is 61.9 cm³/mol. The van der Waals surface area contributed by atoms with Crippen LogP contribution in [0.3, 0.4) is 0 Å². The normalized spacial score (nSPS) is 10.3. The van der Waals surface area contributed by atoms with Gasteiger partial charge in [-0.3, -0.25) is 4.98 Å². The van der Waals surface area contributed by atoms with E-state index in [0.717, 1.165) is 17.7 Å². The molecule has 2 aromatic heterocycles. The number of aryl methyl sites for hydroxylation is 1. The summed E-state index contributed by atoms with van der Waals surface area (Å²) in [5, 5.41) is 0.504. The van der Waals surface area contributed by atoms with Crippen molar-refractivity contribution in [3.8, 4) is 11.3 Å². The molecule has 0 amide bonds. The minimum absolute atomic E-state index is 0.504. The molecule has 3 heteroatoms. The molecule has 2 rings (SSSR count). The Hall–Kier alpha value is -1.41. The highest BCUT2D eigenvalue weighted by Crippen LogP contribution is 2.17. The topological polar surface area (TPSA) is 25.8 Å². The van der Waals surface area contributed by atoms with Crippen molar-refractivity contribution in [2.24, 2.45) is 0 Å². The lowest BCUT2D eigenvalue weighted by molar-refractivity contribution is 1.10. The summed E-state index contributed by atoms with van der Waals surface area (Å²) < 4.78 is 0. The minimum atomic E-state index is 0.504. The van der Waals surface area contributed by atoms with Gasteiger partial charge in [0.1, 0.15) is 5.15 Å².